The molecule has 0 saturated heterocycles. The van der Waals surface area contributed by atoms with Crippen molar-refractivity contribution in [3.05, 3.63) is 88.4 Å². The van der Waals surface area contributed by atoms with Gasteiger partial charge in [0.15, 0.2) is 0 Å². The molecule has 0 aromatic heterocycles. The molecule has 120 valence electrons. The van der Waals surface area contributed by atoms with Crippen molar-refractivity contribution in [2.75, 3.05) is 0 Å². The third-order valence-corrected chi connectivity index (χ3v) is 4.07. The lowest BCUT2D eigenvalue weighted by Crippen LogP contribution is -2.05. The van der Waals surface area contributed by atoms with Gasteiger partial charge in [-0.05, 0) is 53.1 Å². The third-order valence-electron chi connectivity index (χ3n) is 3.58. The smallest absolute Gasteiger partial charge is 0.338 e. The number of hydrogen-bond acceptors (Lipinski definition) is 3. The molecular formula is C20H15BrO3. The molecule has 4 heteroatoms. The Hall–Kier alpha value is -2.59. The standard InChI is InChI=1S/C20H15BrO3/c21-18-3-1-2-14(12-18)13-24-20(23)17-6-4-15(5-7-17)16-8-10-19(22)11-9-16/h1-12,22H,13H2. The van der Waals surface area contributed by atoms with E-state index < -0.39 is 0 Å². The van der Waals surface area contributed by atoms with Crippen LogP contribution in [0, 0.1) is 0 Å². The van der Waals surface area contributed by atoms with Crippen molar-refractivity contribution in [1.82, 2.24) is 0 Å². The number of rotatable bonds is 4. The monoisotopic (exact) mass is 382 g/mol. The predicted octanol–water partition coefficient (Wildman–Crippen LogP) is 5.18. The molecule has 0 heterocycles. The van der Waals surface area contributed by atoms with Crippen LogP contribution in [0.1, 0.15) is 15.9 Å². The first kappa shape index (κ1) is 16.3. The molecule has 3 rings (SSSR count). The van der Waals surface area contributed by atoms with Crippen LogP contribution in [0.3, 0.4) is 0 Å². The zero-order chi connectivity index (χ0) is 16.9. The highest BCUT2D eigenvalue weighted by Crippen LogP contribution is 2.22. The topological polar surface area (TPSA) is 46.5 Å². The molecule has 3 aromatic rings. The van der Waals surface area contributed by atoms with Crippen LogP contribution in [-0.2, 0) is 11.3 Å². The Kier molecular flexibility index (Phi) is 4.96. The minimum Gasteiger partial charge on any atom is -0.508 e. The first-order chi connectivity index (χ1) is 11.6. The number of carbonyl (C=O) groups is 1. The number of halogens is 1. The Labute approximate surface area is 148 Å². The highest BCUT2D eigenvalue weighted by Gasteiger charge is 2.08. The van der Waals surface area contributed by atoms with E-state index in [0.29, 0.717) is 5.56 Å². The van der Waals surface area contributed by atoms with E-state index in [1.807, 2.05) is 48.5 Å². The number of carbonyl (C=O) groups excluding carboxylic acids is 1. The highest BCUT2D eigenvalue weighted by atomic mass is 79.9. The van der Waals surface area contributed by atoms with E-state index in [4.69, 9.17) is 4.74 Å². The average molecular weight is 383 g/mol. The van der Waals surface area contributed by atoms with Gasteiger partial charge >= 0.3 is 5.97 Å². The number of aromatic hydroxyl groups is 1. The van der Waals surface area contributed by atoms with E-state index in [1.165, 1.54) is 0 Å². The van der Waals surface area contributed by atoms with Crippen LogP contribution in [0.25, 0.3) is 11.1 Å². The number of ether oxygens (including phenoxy) is 1. The van der Waals surface area contributed by atoms with Gasteiger partial charge in [-0.25, -0.2) is 4.79 Å². The summed E-state index contributed by atoms with van der Waals surface area (Å²) in [4.78, 5) is 12.1. The number of hydrogen-bond donors (Lipinski definition) is 1. The minimum atomic E-state index is -0.354. The van der Waals surface area contributed by atoms with Gasteiger partial charge in [0.1, 0.15) is 12.4 Å². The van der Waals surface area contributed by atoms with Gasteiger partial charge in [-0.15, -0.1) is 0 Å². The second-order valence-electron chi connectivity index (χ2n) is 5.33. The van der Waals surface area contributed by atoms with Crippen molar-refractivity contribution in [2.24, 2.45) is 0 Å². The van der Waals surface area contributed by atoms with Crippen LogP contribution in [0.15, 0.2) is 77.3 Å². The van der Waals surface area contributed by atoms with Crippen molar-refractivity contribution in [3.63, 3.8) is 0 Å². The summed E-state index contributed by atoms with van der Waals surface area (Å²) in [5.74, 6) is -0.126. The van der Waals surface area contributed by atoms with E-state index in [-0.39, 0.29) is 18.3 Å². The molecule has 1 N–H and O–H groups in total. The summed E-state index contributed by atoms with van der Waals surface area (Å²) in [6.07, 6.45) is 0. The minimum absolute atomic E-state index is 0.228. The van der Waals surface area contributed by atoms with Crippen molar-refractivity contribution < 1.29 is 14.6 Å². The van der Waals surface area contributed by atoms with Gasteiger partial charge in [-0.1, -0.05) is 52.3 Å². The number of esters is 1. The Morgan fingerprint density at radius 3 is 2.17 bits per heavy atom. The number of benzene rings is 3. The Bertz CT molecular complexity index is 840. The zero-order valence-electron chi connectivity index (χ0n) is 12.8. The highest BCUT2D eigenvalue weighted by molar-refractivity contribution is 9.10. The van der Waals surface area contributed by atoms with Gasteiger partial charge < -0.3 is 9.84 Å². The zero-order valence-corrected chi connectivity index (χ0v) is 14.4. The number of phenolic OH excluding ortho intramolecular Hbond substituents is 1. The van der Waals surface area contributed by atoms with Crippen molar-refractivity contribution in [1.29, 1.82) is 0 Å². The summed E-state index contributed by atoms with van der Waals surface area (Å²) in [7, 11) is 0. The first-order valence-electron chi connectivity index (χ1n) is 7.43. The molecule has 0 bridgehead atoms. The Morgan fingerprint density at radius 2 is 1.54 bits per heavy atom. The van der Waals surface area contributed by atoms with Crippen LogP contribution in [0.2, 0.25) is 0 Å². The van der Waals surface area contributed by atoms with Crippen molar-refractivity contribution in [3.8, 4) is 16.9 Å². The summed E-state index contributed by atoms with van der Waals surface area (Å²) in [5, 5.41) is 9.33. The van der Waals surface area contributed by atoms with Crippen molar-refractivity contribution >= 4 is 21.9 Å². The summed E-state index contributed by atoms with van der Waals surface area (Å²) >= 11 is 3.39. The molecule has 0 amide bonds. The van der Waals surface area contributed by atoms with Gasteiger partial charge in [0.2, 0.25) is 0 Å². The summed E-state index contributed by atoms with van der Waals surface area (Å²) < 4.78 is 6.29. The van der Waals surface area contributed by atoms with Gasteiger partial charge in [-0.2, -0.15) is 0 Å². The van der Waals surface area contributed by atoms with E-state index in [2.05, 4.69) is 15.9 Å². The summed E-state index contributed by atoms with van der Waals surface area (Å²) in [5.41, 5.74) is 3.38. The molecule has 0 unspecified atom stereocenters. The van der Waals surface area contributed by atoms with Gasteiger partial charge in [0, 0.05) is 4.47 Å². The third kappa shape index (κ3) is 4.03. The van der Waals surface area contributed by atoms with Crippen LogP contribution in [0.4, 0.5) is 0 Å². The lowest BCUT2D eigenvalue weighted by Gasteiger charge is -2.07. The fourth-order valence-electron chi connectivity index (χ4n) is 2.31. The maximum absolute atomic E-state index is 12.1. The summed E-state index contributed by atoms with van der Waals surface area (Å²) in [6, 6.07) is 21.8. The molecule has 3 nitrogen and oxygen atoms in total. The maximum Gasteiger partial charge on any atom is 0.338 e. The molecule has 0 atom stereocenters. The van der Waals surface area contributed by atoms with E-state index in [1.54, 1.807) is 24.3 Å². The van der Waals surface area contributed by atoms with E-state index in [0.717, 1.165) is 21.2 Å². The second-order valence-corrected chi connectivity index (χ2v) is 6.25. The average Bonchev–Trinajstić information content (AvgIpc) is 2.61. The first-order valence-corrected chi connectivity index (χ1v) is 8.22. The lowest BCUT2D eigenvalue weighted by molar-refractivity contribution is 0.0472. The fourth-order valence-corrected chi connectivity index (χ4v) is 2.76. The summed E-state index contributed by atoms with van der Waals surface area (Å²) in [6.45, 7) is 0.234. The molecule has 3 aromatic carbocycles. The molecule has 0 radical (unpaired) electrons. The van der Waals surface area contributed by atoms with Crippen LogP contribution < -0.4 is 0 Å². The fraction of sp³-hybridized carbons (Fsp3) is 0.0500. The van der Waals surface area contributed by atoms with Gasteiger partial charge in [0.25, 0.3) is 0 Å². The quantitative estimate of drug-likeness (QED) is 0.632. The molecule has 0 fully saturated rings. The molecule has 0 saturated carbocycles. The van der Waals surface area contributed by atoms with Crippen LogP contribution in [0.5, 0.6) is 5.75 Å². The SMILES string of the molecule is O=C(OCc1cccc(Br)c1)c1ccc(-c2ccc(O)cc2)cc1. The van der Waals surface area contributed by atoms with Gasteiger partial charge in [0.05, 0.1) is 5.56 Å². The van der Waals surface area contributed by atoms with Crippen LogP contribution >= 0.6 is 15.9 Å². The molecule has 24 heavy (non-hydrogen) atoms. The van der Waals surface area contributed by atoms with Crippen LogP contribution in [-0.4, -0.2) is 11.1 Å². The molecule has 0 aliphatic carbocycles. The van der Waals surface area contributed by atoms with E-state index >= 15 is 0 Å². The molecule has 0 spiro atoms. The van der Waals surface area contributed by atoms with Crippen molar-refractivity contribution in [2.45, 2.75) is 6.61 Å². The second kappa shape index (κ2) is 7.32. The normalized spacial score (nSPS) is 10.4. The Morgan fingerprint density at radius 1 is 0.917 bits per heavy atom. The van der Waals surface area contributed by atoms with Gasteiger partial charge in [-0.3, -0.25) is 0 Å². The molecule has 0 aliphatic heterocycles. The largest absolute Gasteiger partial charge is 0.508 e. The van der Waals surface area contributed by atoms with E-state index in [9.17, 15) is 9.90 Å². The lowest BCUT2D eigenvalue weighted by atomic mass is 10.0. The molecular weight excluding hydrogens is 368 g/mol. The maximum atomic E-state index is 12.1. The Balaban J connectivity index is 1.66. The predicted molar refractivity (Wildman–Crippen MR) is 96.8 cm³/mol. The number of phenols is 1. The molecule has 0 aliphatic rings.